The number of hydrogen-bond donors (Lipinski definition) is 1. The van der Waals surface area contributed by atoms with E-state index in [4.69, 9.17) is 4.42 Å². The molecule has 0 spiro atoms. The first-order valence-electron chi connectivity index (χ1n) is 8.00. The molecular weight excluding hydrogens is 320 g/mol. The van der Waals surface area contributed by atoms with Gasteiger partial charge in [-0.25, -0.2) is 0 Å². The molecule has 24 heavy (non-hydrogen) atoms. The van der Waals surface area contributed by atoms with Gasteiger partial charge in [-0.2, -0.15) is 5.26 Å². The first kappa shape index (κ1) is 15.0. The zero-order valence-electron chi connectivity index (χ0n) is 13.3. The number of nitriles is 1. The molecule has 1 amide bonds. The summed E-state index contributed by atoms with van der Waals surface area (Å²) in [5, 5.41) is 13.9. The molecule has 0 saturated heterocycles. The molecular formula is C19H16N2O2S. The summed E-state index contributed by atoms with van der Waals surface area (Å²) in [5.41, 5.74) is 2.41. The number of carbonyl (C=O) groups excluding carboxylic acids is 1. The third-order valence-electron chi connectivity index (χ3n) is 4.50. The molecule has 1 aromatic carbocycles. The second-order valence-electron chi connectivity index (χ2n) is 6.27. The zero-order chi connectivity index (χ0) is 16.7. The lowest BCUT2D eigenvalue weighted by atomic mass is 9.89. The number of nitrogens with zero attached hydrogens (tertiary/aromatic N) is 1. The molecule has 1 unspecified atom stereocenters. The molecule has 1 N–H and O–H groups in total. The van der Waals surface area contributed by atoms with Crippen LogP contribution in [0.3, 0.4) is 0 Å². The van der Waals surface area contributed by atoms with Gasteiger partial charge in [-0.15, -0.1) is 11.3 Å². The predicted molar refractivity (Wildman–Crippen MR) is 94.4 cm³/mol. The summed E-state index contributed by atoms with van der Waals surface area (Å²) in [6.45, 7) is 2.22. The lowest BCUT2D eigenvalue weighted by Crippen LogP contribution is -2.11. The summed E-state index contributed by atoms with van der Waals surface area (Å²) < 4.78 is 5.60. The summed E-state index contributed by atoms with van der Waals surface area (Å²) in [5.74, 6) is 0.579. The number of furan rings is 1. The van der Waals surface area contributed by atoms with Crippen molar-refractivity contribution in [1.29, 1.82) is 5.26 Å². The third-order valence-corrected chi connectivity index (χ3v) is 5.67. The first-order valence-corrected chi connectivity index (χ1v) is 8.82. The second kappa shape index (κ2) is 5.81. The van der Waals surface area contributed by atoms with Crippen LogP contribution in [0.15, 0.2) is 34.7 Å². The van der Waals surface area contributed by atoms with Gasteiger partial charge in [0.15, 0.2) is 5.76 Å². The summed E-state index contributed by atoms with van der Waals surface area (Å²) in [6, 6.07) is 11.5. The van der Waals surface area contributed by atoms with Gasteiger partial charge in [-0.05, 0) is 42.9 Å². The number of anilines is 1. The fraction of sp³-hybridized carbons (Fsp3) is 0.263. The molecule has 4 nitrogen and oxygen atoms in total. The Morgan fingerprint density at radius 1 is 1.42 bits per heavy atom. The van der Waals surface area contributed by atoms with Crippen molar-refractivity contribution in [3.63, 3.8) is 0 Å². The van der Waals surface area contributed by atoms with Crippen molar-refractivity contribution in [2.75, 3.05) is 5.32 Å². The van der Waals surface area contributed by atoms with Gasteiger partial charge >= 0.3 is 0 Å². The average Bonchev–Trinajstić information content (AvgIpc) is 3.14. The van der Waals surface area contributed by atoms with Crippen LogP contribution in [0.1, 0.15) is 39.9 Å². The van der Waals surface area contributed by atoms with Crippen LogP contribution in [-0.2, 0) is 12.8 Å². The highest BCUT2D eigenvalue weighted by atomic mass is 32.1. The highest BCUT2D eigenvalue weighted by molar-refractivity contribution is 7.16. The van der Waals surface area contributed by atoms with Crippen molar-refractivity contribution in [2.24, 2.45) is 5.92 Å². The fourth-order valence-corrected chi connectivity index (χ4v) is 4.57. The van der Waals surface area contributed by atoms with Gasteiger partial charge in [0.05, 0.1) is 5.56 Å². The molecule has 0 fully saturated rings. The van der Waals surface area contributed by atoms with Crippen molar-refractivity contribution in [3.8, 4) is 6.07 Å². The summed E-state index contributed by atoms with van der Waals surface area (Å²) in [4.78, 5) is 13.7. The van der Waals surface area contributed by atoms with Crippen molar-refractivity contribution in [2.45, 2.75) is 26.2 Å². The molecule has 1 aliphatic carbocycles. The molecule has 3 aromatic rings. The number of benzene rings is 1. The second-order valence-corrected chi connectivity index (χ2v) is 7.38. The van der Waals surface area contributed by atoms with Gasteiger partial charge < -0.3 is 9.73 Å². The number of fused-ring (bicyclic) bond motifs is 2. The molecule has 120 valence electrons. The molecule has 1 atom stereocenters. The molecule has 1 aliphatic rings. The van der Waals surface area contributed by atoms with Crippen molar-refractivity contribution < 1.29 is 9.21 Å². The molecule has 4 rings (SSSR count). The number of amides is 1. The standard InChI is InChI=1S/C19H16N2O2S/c1-11-6-7-13-14(10-20)19(24-17(13)8-11)21-18(22)16-9-12-4-2-3-5-15(12)23-16/h2-5,9,11H,6-8H2,1H3,(H,21,22). The Kier molecular flexibility index (Phi) is 3.62. The number of nitrogens with one attached hydrogen (secondary N) is 1. The fourth-order valence-electron chi connectivity index (χ4n) is 3.22. The Hall–Kier alpha value is -2.58. The van der Waals surface area contributed by atoms with Gasteiger partial charge in [0, 0.05) is 10.3 Å². The average molecular weight is 336 g/mol. The van der Waals surface area contributed by atoms with E-state index in [-0.39, 0.29) is 11.7 Å². The number of para-hydroxylation sites is 1. The van der Waals surface area contributed by atoms with Crippen LogP contribution in [0.5, 0.6) is 0 Å². The molecule has 2 aromatic heterocycles. The summed E-state index contributed by atoms with van der Waals surface area (Å²) in [7, 11) is 0. The van der Waals surface area contributed by atoms with Gasteiger partial charge in [0.1, 0.15) is 16.7 Å². The van der Waals surface area contributed by atoms with Crippen LogP contribution in [-0.4, -0.2) is 5.91 Å². The molecule has 2 heterocycles. The maximum absolute atomic E-state index is 12.5. The van der Waals surface area contributed by atoms with Gasteiger partial charge in [-0.1, -0.05) is 25.1 Å². The monoisotopic (exact) mass is 336 g/mol. The van der Waals surface area contributed by atoms with E-state index in [9.17, 15) is 10.1 Å². The summed E-state index contributed by atoms with van der Waals surface area (Å²) in [6.07, 6.45) is 2.99. The SMILES string of the molecule is CC1CCc2c(sc(NC(=O)c3cc4ccccc4o3)c2C#N)C1. The van der Waals surface area contributed by atoms with E-state index in [1.54, 1.807) is 6.07 Å². The van der Waals surface area contributed by atoms with Crippen molar-refractivity contribution in [3.05, 3.63) is 52.1 Å². The maximum Gasteiger partial charge on any atom is 0.292 e. The third kappa shape index (κ3) is 2.49. The quantitative estimate of drug-likeness (QED) is 0.735. The lowest BCUT2D eigenvalue weighted by Gasteiger charge is -2.17. The Labute approximate surface area is 143 Å². The maximum atomic E-state index is 12.5. The molecule has 0 aliphatic heterocycles. The smallest absolute Gasteiger partial charge is 0.292 e. The number of carbonyl (C=O) groups is 1. The van der Waals surface area contributed by atoms with E-state index in [0.717, 1.165) is 30.2 Å². The molecule has 0 radical (unpaired) electrons. The highest BCUT2D eigenvalue weighted by Crippen LogP contribution is 2.39. The van der Waals surface area contributed by atoms with Crippen LogP contribution < -0.4 is 5.32 Å². The van der Waals surface area contributed by atoms with Gasteiger partial charge in [-0.3, -0.25) is 4.79 Å². The zero-order valence-corrected chi connectivity index (χ0v) is 14.1. The molecule has 0 saturated carbocycles. The van der Waals surface area contributed by atoms with Gasteiger partial charge in [0.2, 0.25) is 0 Å². The van der Waals surface area contributed by atoms with E-state index in [1.165, 1.54) is 16.2 Å². The van der Waals surface area contributed by atoms with Crippen LogP contribution in [0.2, 0.25) is 0 Å². The molecule has 5 heteroatoms. The largest absolute Gasteiger partial charge is 0.451 e. The van der Waals surface area contributed by atoms with E-state index < -0.39 is 0 Å². The van der Waals surface area contributed by atoms with Crippen LogP contribution in [0.25, 0.3) is 11.0 Å². The van der Waals surface area contributed by atoms with E-state index >= 15 is 0 Å². The Balaban J connectivity index is 1.65. The van der Waals surface area contributed by atoms with Crippen LogP contribution >= 0.6 is 11.3 Å². The van der Waals surface area contributed by atoms with E-state index in [0.29, 0.717) is 22.1 Å². The van der Waals surface area contributed by atoms with Gasteiger partial charge in [0.25, 0.3) is 5.91 Å². The number of rotatable bonds is 2. The number of hydrogen-bond acceptors (Lipinski definition) is 4. The predicted octanol–water partition coefficient (Wildman–Crippen LogP) is 4.74. The van der Waals surface area contributed by atoms with E-state index in [1.807, 2.05) is 24.3 Å². The van der Waals surface area contributed by atoms with Crippen LogP contribution in [0.4, 0.5) is 5.00 Å². The van der Waals surface area contributed by atoms with Crippen molar-refractivity contribution >= 4 is 33.2 Å². The molecule has 0 bridgehead atoms. The first-order chi connectivity index (χ1) is 11.7. The normalized spacial score (nSPS) is 16.6. The Bertz CT molecular complexity index is 944. The minimum absolute atomic E-state index is 0.264. The topological polar surface area (TPSA) is 66.0 Å². The minimum Gasteiger partial charge on any atom is -0.451 e. The Morgan fingerprint density at radius 3 is 3.04 bits per heavy atom. The van der Waals surface area contributed by atoms with Crippen molar-refractivity contribution in [1.82, 2.24) is 0 Å². The Morgan fingerprint density at radius 2 is 2.25 bits per heavy atom. The summed E-state index contributed by atoms with van der Waals surface area (Å²) >= 11 is 1.52. The highest BCUT2D eigenvalue weighted by Gasteiger charge is 2.25. The van der Waals surface area contributed by atoms with E-state index in [2.05, 4.69) is 18.3 Å². The lowest BCUT2D eigenvalue weighted by molar-refractivity contribution is 0.0999. The minimum atomic E-state index is -0.311. The number of thiophene rings is 1. The van der Waals surface area contributed by atoms with Crippen LogP contribution in [0, 0.1) is 17.2 Å².